The molecule has 0 aliphatic heterocycles. The summed E-state index contributed by atoms with van der Waals surface area (Å²) in [5, 5.41) is 0. The zero-order valence-electron chi connectivity index (χ0n) is 9.91. The van der Waals surface area contributed by atoms with Crippen molar-refractivity contribution in [1.82, 2.24) is 4.31 Å². The number of sulfonamides is 1. The standard InChI is InChI=1S/C10H12F4N2O2S/c1-2-16(6-10(12,13)14)19(17,18)8-5-3-4-7(11)9(8)15/h3-5H,2,6,15H2,1H3. The molecule has 0 aromatic heterocycles. The van der Waals surface area contributed by atoms with Gasteiger partial charge in [0.05, 0.1) is 5.69 Å². The maximum Gasteiger partial charge on any atom is 0.402 e. The van der Waals surface area contributed by atoms with E-state index in [1.54, 1.807) is 0 Å². The number of hydrogen-bond acceptors (Lipinski definition) is 3. The van der Waals surface area contributed by atoms with Crippen LogP contribution in [0.15, 0.2) is 23.1 Å². The van der Waals surface area contributed by atoms with Gasteiger partial charge in [-0.25, -0.2) is 12.8 Å². The third kappa shape index (κ3) is 3.57. The molecule has 108 valence electrons. The fraction of sp³-hybridized carbons (Fsp3) is 0.400. The van der Waals surface area contributed by atoms with Gasteiger partial charge in [0, 0.05) is 6.54 Å². The number of nitrogen functional groups attached to an aromatic ring is 1. The number of alkyl halides is 3. The molecular formula is C10H12F4N2O2S. The Morgan fingerprint density at radius 2 is 1.89 bits per heavy atom. The number of nitrogens with zero attached hydrogens (tertiary/aromatic N) is 1. The van der Waals surface area contributed by atoms with Gasteiger partial charge < -0.3 is 5.73 Å². The van der Waals surface area contributed by atoms with E-state index in [1.165, 1.54) is 6.92 Å². The minimum atomic E-state index is -4.69. The lowest BCUT2D eigenvalue weighted by molar-refractivity contribution is -0.135. The Labute approximate surface area is 107 Å². The van der Waals surface area contributed by atoms with Crippen LogP contribution in [0.1, 0.15) is 6.92 Å². The quantitative estimate of drug-likeness (QED) is 0.683. The van der Waals surface area contributed by atoms with E-state index in [9.17, 15) is 26.0 Å². The molecule has 4 nitrogen and oxygen atoms in total. The molecule has 1 aromatic carbocycles. The summed E-state index contributed by atoms with van der Waals surface area (Å²) in [4.78, 5) is -0.668. The molecule has 19 heavy (non-hydrogen) atoms. The molecule has 0 aliphatic carbocycles. The molecule has 0 radical (unpaired) electrons. The van der Waals surface area contributed by atoms with Crippen molar-refractivity contribution in [2.75, 3.05) is 18.8 Å². The summed E-state index contributed by atoms with van der Waals surface area (Å²) in [6.45, 7) is -0.807. The Hall–Kier alpha value is -1.35. The van der Waals surface area contributed by atoms with Crippen LogP contribution in [0.2, 0.25) is 0 Å². The van der Waals surface area contributed by atoms with E-state index < -0.39 is 45.7 Å². The summed E-state index contributed by atoms with van der Waals surface area (Å²) in [6.07, 6.45) is -4.69. The topological polar surface area (TPSA) is 63.4 Å². The first-order valence-corrected chi connectivity index (χ1v) is 6.64. The van der Waals surface area contributed by atoms with Gasteiger partial charge in [0.25, 0.3) is 0 Å². The van der Waals surface area contributed by atoms with Crippen molar-refractivity contribution in [3.05, 3.63) is 24.0 Å². The summed E-state index contributed by atoms with van der Waals surface area (Å²) in [5.41, 5.74) is 4.57. The van der Waals surface area contributed by atoms with Gasteiger partial charge in [-0.15, -0.1) is 0 Å². The van der Waals surface area contributed by atoms with Gasteiger partial charge in [0.15, 0.2) is 0 Å². The first kappa shape index (κ1) is 15.7. The minimum absolute atomic E-state index is 0.193. The van der Waals surface area contributed by atoms with Gasteiger partial charge in [-0.2, -0.15) is 17.5 Å². The number of nitrogens with two attached hydrogens (primary N) is 1. The number of hydrogen-bond donors (Lipinski definition) is 1. The van der Waals surface area contributed by atoms with Crippen molar-refractivity contribution in [1.29, 1.82) is 0 Å². The van der Waals surface area contributed by atoms with E-state index in [4.69, 9.17) is 5.73 Å². The lowest BCUT2D eigenvalue weighted by atomic mass is 10.3. The predicted molar refractivity (Wildman–Crippen MR) is 61.3 cm³/mol. The summed E-state index contributed by atoms with van der Waals surface area (Å²) in [5.74, 6) is -0.996. The van der Waals surface area contributed by atoms with E-state index in [0.29, 0.717) is 0 Å². The Kier molecular flexibility index (Phi) is 4.41. The average Bonchev–Trinajstić information content (AvgIpc) is 2.28. The fourth-order valence-electron chi connectivity index (χ4n) is 1.45. The van der Waals surface area contributed by atoms with Gasteiger partial charge in [0.1, 0.15) is 17.3 Å². The van der Waals surface area contributed by atoms with Crippen LogP contribution in [-0.2, 0) is 10.0 Å². The molecule has 0 saturated carbocycles. The highest BCUT2D eigenvalue weighted by molar-refractivity contribution is 7.89. The summed E-state index contributed by atoms with van der Waals surface area (Å²) < 4.78 is 74.3. The fourth-order valence-corrected chi connectivity index (χ4v) is 3.01. The molecule has 0 bridgehead atoms. The van der Waals surface area contributed by atoms with Gasteiger partial charge in [-0.3, -0.25) is 0 Å². The molecule has 0 unspecified atom stereocenters. The van der Waals surface area contributed by atoms with Crippen LogP contribution in [0.25, 0.3) is 0 Å². The monoisotopic (exact) mass is 300 g/mol. The van der Waals surface area contributed by atoms with E-state index in [1.807, 2.05) is 0 Å². The number of benzene rings is 1. The number of halogens is 4. The molecule has 1 rings (SSSR count). The van der Waals surface area contributed by atoms with Gasteiger partial charge >= 0.3 is 6.18 Å². The predicted octanol–water partition coefficient (Wildman–Crippen LogP) is 1.98. The van der Waals surface area contributed by atoms with Crippen molar-refractivity contribution < 1.29 is 26.0 Å². The molecule has 0 spiro atoms. The second kappa shape index (κ2) is 5.33. The lowest BCUT2D eigenvalue weighted by Gasteiger charge is -2.22. The second-order valence-corrected chi connectivity index (χ2v) is 5.60. The highest BCUT2D eigenvalue weighted by Gasteiger charge is 2.37. The summed E-state index contributed by atoms with van der Waals surface area (Å²) >= 11 is 0. The Morgan fingerprint density at radius 3 is 2.37 bits per heavy atom. The zero-order chi connectivity index (χ0) is 14.8. The van der Waals surface area contributed by atoms with Crippen molar-refractivity contribution in [2.45, 2.75) is 18.0 Å². The molecule has 0 atom stereocenters. The average molecular weight is 300 g/mol. The Bertz CT molecular complexity index is 557. The molecule has 0 saturated heterocycles. The van der Waals surface area contributed by atoms with Crippen LogP contribution in [0.5, 0.6) is 0 Å². The van der Waals surface area contributed by atoms with Gasteiger partial charge in [-0.1, -0.05) is 13.0 Å². The number of anilines is 1. The lowest BCUT2D eigenvalue weighted by Crippen LogP contribution is -2.39. The summed E-state index contributed by atoms with van der Waals surface area (Å²) in [7, 11) is -4.49. The van der Waals surface area contributed by atoms with Crippen LogP contribution in [0.4, 0.5) is 23.2 Å². The molecular weight excluding hydrogens is 288 g/mol. The van der Waals surface area contributed by atoms with Crippen molar-refractivity contribution in [3.63, 3.8) is 0 Å². The Balaban J connectivity index is 3.25. The molecule has 2 N–H and O–H groups in total. The van der Waals surface area contributed by atoms with Crippen LogP contribution in [0.3, 0.4) is 0 Å². The maximum atomic E-state index is 13.2. The van der Waals surface area contributed by atoms with Gasteiger partial charge in [0.2, 0.25) is 10.0 Å². The SMILES string of the molecule is CCN(CC(F)(F)F)S(=O)(=O)c1cccc(F)c1N. The third-order valence-corrected chi connectivity index (χ3v) is 4.32. The second-order valence-electron chi connectivity index (χ2n) is 3.70. The zero-order valence-corrected chi connectivity index (χ0v) is 10.7. The molecule has 0 fully saturated rings. The summed E-state index contributed by atoms with van der Waals surface area (Å²) in [6, 6.07) is 2.96. The van der Waals surface area contributed by atoms with Crippen LogP contribution >= 0.6 is 0 Å². The van der Waals surface area contributed by atoms with Crippen LogP contribution in [0, 0.1) is 5.82 Å². The van der Waals surface area contributed by atoms with Gasteiger partial charge in [-0.05, 0) is 12.1 Å². The van der Waals surface area contributed by atoms with Crippen molar-refractivity contribution >= 4 is 15.7 Å². The largest absolute Gasteiger partial charge is 0.402 e. The molecule has 0 amide bonds. The van der Waals surface area contributed by atoms with E-state index in [2.05, 4.69) is 0 Å². The molecule has 0 aliphatic rings. The van der Waals surface area contributed by atoms with Crippen LogP contribution in [-0.4, -0.2) is 32.0 Å². The number of para-hydroxylation sites is 1. The maximum absolute atomic E-state index is 13.2. The van der Waals surface area contributed by atoms with E-state index >= 15 is 0 Å². The first-order valence-electron chi connectivity index (χ1n) is 5.20. The van der Waals surface area contributed by atoms with Crippen molar-refractivity contribution in [3.8, 4) is 0 Å². The van der Waals surface area contributed by atoms with E-state index in [-0.39, 0.29) is 4.31 Å². The highest BCUT2D eigenvalue weighted by atomic mass is 32.2. The van der Waals surface area contributed by atoms with E-state index in [0.717, 1.165) is 18.2 Å². The first-order chi connectivity index (χ1) is 8.59. The normalized spacial score (nSPS) is 12.9. The molecule has 1 aromatic rings. The van der Waals surface area contributed by atoms with Crippen molar-refractivity contribution in [2.24, 2.45) is 0 Å². The highest BCUT2D eigenvalue weighted by Crippen LogP contribution is 2.27. The number of rotatable bonds is 4. The molecule has 0 heterocycles. The minimum Gasteiger partial charge on any atom is -0.395 e. The smallest absolute Gasteiger partial charge is 0.395 e. The third-order valence-electron chi connectivity index (χ3n) is 2.34. The Morgan fingerprint density at radius 1 is 1.32 bits per heavy atom. The molecule has 9 heteroatoms. The van der Waals surface area contributed by atoms with Crippen LogP contribution < -0.4 is 5.73 Å².